The Labute approximate surface area is 226 Å². The maximum absolute atomic E-state index is 8.00. The summed E-state index contributed by atoms with van der Waals surface area (Å²) in [7, 11) is 1.82. The van der Waals surface area contributed by atoms with E-state index < -0.39 is 0 Å². The highest BCUT2D eigenvalue weighted by molar-refractivity contribution is 7.80. The number of nitrogens with one attached hydrogen (secondary N) is 3. The molecule has 2 rings (SSSR count). The zero-order valence-corrected chi connectivity index (χ0v) is 24.1. The van der Waals surface area contributed by atoms with Gasteiger partial charge in [-0.25, -0.2) is 0 Å². The van der Waals surface area contributed by atoms with Crippen LogP contribution >= 0.6 is 58.6 Å². The van der Waals surface area contributed by atoms with Crippen LogP contribution in [-0.4, -0.2) is 36.8 Å². The first-order valence-electron chi connectivity index (χ1n) is 10.5. The molecule has 1 saturated carbocycles. The van der Waals surface area contributed by atoms with Crippen LogP contribution in [0.4, 0.5) is 5.69 Å². The van der Waals surface area contributed by atoms with E-state index in [0.29, 0.717) is 21.2 Å². The van der Waals surface area contributed by atoms with Crippen molar-refractivity contribution in [2.45, 2.75) is 57.9 Å². The average Bonchev–Trinajstić information content (AvgIpc) is 3.20. The molecule has 1 fully saturated rings. The Kier molecular flexibility index (Phi) is 28.4. The molecule has 0 spiro atoms. The van der Waals surface area contributed by atoms with Gasteiger partial charge in [0.1, 0.15) is 6.79 Å². The van der Waals surface area contributed by atoms with Crippen molar-refractivity contribution in [3.05, 3.63) is 53.2 Å². The highest BCUT2D eigenvalue weighted by atomic mass is 35.5. The molecule has 0 bridgehead atoms. The lowest BCUT2D eigenvalue weighted by atomic mass is 10.1. The quantitative estimate of drug-likeness (QED) is 0.194. The Morgan fingerprint density at radius 3 is 2.09 bits per heavy atom. The van der Waals surface area contributed by atoms with E-state index in [1.807, 2.05) is 45.0 Å². The van der Waals surface area contributed by atoms with Gasteiger partial charge >= 0.3 is 0 Å². The molecule has 9 heteroatoms. The fraction of sp³-hybridized carbons (Fsp3) is 0.500. The molecule has 190 valence electrons. The lowest BCUT2D eigenvalue weighted by Crippen LogP contribution is -2.38. The Morgan fingerprint density at radius 1 is 1.21 bits per heavy atom. The minimum Gasteiger partial charge on any atom is -0.388 e. The van der Waals surface area contributed by atoms with Gasteiger partial charge in [-0.2, -0.15) is 0 Å². The number of allylic oxidation sites excluding steroid dienone is 2. The fourth-order valence-electron chi connectivity index (χ4n) is 2.52. The minimum atomic E-state index is 0.0341. The first-order valence-corrected chi connectivity index (χ1v) is 12.9. The molecular weight excluding hydrogens is 520 g/mol. The predicted molar refractivity (Wildman–Crippen MR) is 156 cm³/mol. The number of rotatable bonds is 5. The van der Waals surface area contributed by atoms with Crippen molar-refractivity contribution < 1.29 is 4.79 Å². The third-order valence-corrected chi connectivity index (χ3v) is 4.86. The third kappa shape index (κ3) is 24.0. The summed E-state index contributed by atoms with van der Waals surface area (Å²) in [6, 6.07) is 5.87. The zero-order chi connectivity index (χ0) is 26.2. The van der Waals surface area contributed by atoms with Crippen molar-refractivity contribution in [2.75, 3.05) is 18.7 Å². The lowest BCUT2D eigenvalue weighted by molar-refractivity contribution is -0.0979. The van der Waals surface area contributed by atoms with Crippen molar-refractivity contribution in [1.29, 1.82) is 0 Å². The number of halogens is 4. The molecule has 0 radical (unpaired) electrons. The highest BCUT2D eigenvalue weighted by Crippen LogP contribution is 2.24. The van der Waals surface area contributed by atoms with Gasteiger partial charge < -0.3 is 20.7 Å². The number of carbonyl (C=O) groups excluding carboxylic acids is 1. The summed E-state index contributed by atoms with van der Waals surface area (Å²) in [6.07, 6.45) is 11.8. The van der Waals surface area contributed by atoms with Crippen molar-refractivity contribution in [3.63, 3.8) is 0 Å². The van der Waals surface area contributed by atoms with E-state index in [2.05, 4.69) is 48.0 Å². The lowest BCUT2D eigenvalue weighted by Gasteiger charge is -2.14. The third-order valence-electron chi connectivity index (χ3n) is 4.05. The van der Waals surface area contributed by atoms with Crippen LogP contribution < -0.4 is 16.0 Å². The molecule has 1 aromatic carbocycles. The van der Waals surface area contributed by atoms with E-state index in [9.17, 15) is 0 Å². The highest BCUT2D eigenvalue weighted by Gasteiger charge is 2.21. The monoisotopic (exact) mass is 557 g/mol. The summed E-state index contributed by atoms with van der Waals surface area (Å²) < 4.78 is 0. The summed E-state index contributed by atoms with van der Waals surface area (Å²) in [5.41, 5.74) is 0.928. The maximum Gasteiger partial charge on any atom is 0.170 e. The summed E-state index contributed by atoms with van der Waals surface area (Å²) >= 11 is 27.0. The molecule has 1 aliphatic carbocycles. The van der Waals surface area contributed by atoms with Crippen LogP contribution in [0.15, 0.2) is 43.1 Å². The van der Waals surface area contributed by atoms with Crippen LogP contribution in [0.25, 0.3) is 0 Å². The molecule has 3 atom stereocenters. The van der Waals surface area contributed by atoms with E-state index in [1.54, 1.807) is 12.3 Å². The Morgan fingerprint density at radius 2 is 1.73 bits per heavy atom. The Hall–Kier alpha value is -0.980. The largest absolute Gasteiger partial charge is 0.388 e. The molecule has 0 aliphatic heterocycles. The number of benzene rings is 1. The molecule has 0 heterocycles. The van der Waals surface area contributed by atoms with Crippen LogP contribution in [-0.2, 0) is 4.79 Å². The minimum absolute atomic E-state index is 0.0341. The second-order valence-corrected chi connectivity index (χ2v) is 8.84. The summed E-state index contributed by atoms with van der Waals surface area (Å²) in [4.78, 5) is 8.00. The van der Waals surface area contributed by atoms with Crippen LogP contribution in [0.2, 0.25) is 10.0 Å². The normalized spacial score (nSPS) is 16.6. The number of anilines is 1. The Balaban J connectivity index is -0.000000431. The standard InChI is InChI=1S/C11H19ClN2S.C7H7Cl2N.C4H8.CH3Cl.CH2O/c1-8-3-4-10(7-8)14-11(15)13-6-5-9(2)12;1-10-7-3-5(8)2-6(9)4-7;1-3-4-2;2*1-2/h5-6,8-10H,3-4,7H2,1-2H3,(H2,13,14,15);2-4,10H,1H3;3H,1,4H2,2H3;1H3;1H2/b6-5+;;;;/t8-,9?,10+;;;;/m0..../s1. The van der Waals surface area contributed by atoms with Crippen molar-refractivity contribution in [2.24, 2.45) is 5.92 Å². The van der Waals surface area contributed by atoms with E-state index in [1.165, 1.54) is 25.6 Å². The molecule has 4 nitrogen and oxygen atoms in total. The smallest absolute Gasteiger partial charge is 0.170 e. The van der Waals surface area contributed by atoms with Crippen molar-refractivity contribution >= 4 is 76.2 Å². The van der Waals surface area contributed by atoms with Gasteiger partial charge in [-0.3, -0.25) is 0 Å². The van der Waals surface area contributed by atoms with E-state index in [-0.39, 0.29) is 5.38 Å². The van der Waals surface area contributed by atoms with Crippen LogP contribution in [0, 0.1) is 5.92 Å². The number of hydrogen-bond acceptors (Lipinski definition) is 3. The molecule has 0 amide bonds. The molecule has 1 aliphatic rings. The van der Waals surface area contributed by atoms with Gasteiger partial charge in [0.25, 0.3) is 0 Å². The number of hydrogen-bond donors (Lipinski definition) is 3. The topological polar surface area (TPSA) is 53.2 Å². The van der Waals surface area contributed by atoms with Gasteiger partial charge in [-0.1, -0.05) is 49.2 Å². The van der Waals surface area contributed by atoms with Gasteiger partial charge in [0.2, 0.25) is 0 Å². The van der Waals surface area contributed by atoms with Crippen LogP contribution in [0.5, 0.6) is 0 Å². The maximum atomic E-state index is 8.00. The van der Waals surface area contributed by atoms with Gasteiger partial charge in [-0.05, 0) is 68.9 Å². The van der Waals surface area contributed by atoms with Crippen LogP contribution in [0.3, 0.4) is 0 Å². The zero-order valence-electron chi connectivity index (χ0n) is 20.3. The SMILES string of the molecule is C=CCC.C=O.CC(Cl)/C=C/NC(=S)N[C@@H]1CC[C@H](C)C1.CCl.CNc1cc(Cl)cc(Cl)c1. The van der Waals surface area contributed by atoms with Gasteiger partial charge in [0.05, 0.1) is 5.38 Å². The second kappa shape index (κ2) is 25.6. The summed E-state index contributed by atoms with van der Waals surface area (Å²) in [6.45, 7) is 11.7. The number of carbonyl (C=O) groups is 1. The van der Waals surface area contributed by atoms with Gasteiger partial charge in [0.15, 0.2) is 5.11 Å². The molecule has 33 heavy (non-hydrogen) atoms. The molecule has 3 N–H and O–H groups in total. The number of thiocarbonyl (C=S) groups is 1. The van der Waals surface area contributed by atoms with Gasteiger partial charge in [-0.15, -0.1) is 29.8 Å². The molecular formula is C24H39Cl4N3OS. The second-order valence-electron chi connectivity index (χ2n) is 6.87. The molecule has 0 saturated heterocycles. The van der Waals surface area contributed by atoms with Crippen molar-refractivity contribution in [3.8, 4) is 0 Å². The Bertz CT molecular complexity index is 640. The molecule has 1 aromatic rings. The first kappa shape index (κ1) is 36.6. The number of alkyl halides is 2. The van der Waals surface area contributed by atoms with E-state index in [0.717, 1.165) is 18.0 Å². The average molecular weight is 559 g/mol. The van der Waals surface area contributed by atoms with Gasteiger partial charge in [0, 0.05) is 41.4 Å². The first-order chi connectivity index (χ1) is 15.7. The fourth-order valence-corrected chi connectivity index (χ4v) is 3.35. The molecule has 1 unspecified atom stereocenters. The summed E-state index contributed by atoms with van der Waals surface area (Å²) in [5, 5.41) is 11.3. The summed E-state index contributed by atoms with van der Waals surface area (Å²) in [5.74, 6) is 0.823. The van der Waals surface area contributed by atoms with E-state index in [4.69, 9.17) is 51.8 Å². The van der Waals surface area contributed by atoms with Crippen LogP contribution in [0.1, 0.15) is 46.5 Å². The van der Waals surface area contributed by atoms with E-state index >= 15 is 0 Å². The predicted octanol–water partition coefficient (Wildman–Crippen LogP) is 8.07. The van der Waals surface area contributed by atoms with Crippen molar-refractivity contribution in [1.82, 2.24) is 10.6 Å². The molecule has 0 aromatic heterocycles.